The summed E-state index contributed by atoms with van der Waals surface area (Å²) in [6, 6.07) is 10.6. The number of hydrogen-bond acceptors (Lipinski definition) is 3. The van der Waals surface area contributed by atoms with Crippen molar-refractivity contribution in [1.82, 2.24) is 9.55 Å². The van der Waals surface area contributed by atoms with E-state index in [0.717, 1.165) is 16.9 Å². The van der Waals surface area contributed by atoms with Crippen molar-refractivity contribution in [2.75, 3.05) is 12.4 Å². The molecule has 0 saturated carbocycles. The summed E-state index contributed by atoms with van der Waals surface area (Å²) in [5, 5.41) is 3.27. The lowest BCUT2D eigenvalue weighted by molar-refractivity contribution is 0.102. The van der Waals surface area contributed by atoms with E-state index >= 15 is 0 Å². The van der Waals surface area contributed by atoms with Crippen molar-refractivity contribution in [2.24, 2.45) is 7.05 Å². The maximum Gasteiger partial charge on any atom is 0.255 e. The molecule has 0 aliphatic heterocycles. The van der Waals surface area contributed by atoms with Crippen molar-refractivity contribution >= 4 is 34.2 Å². The van der Waals surface area contributed by atoms with Crippen molar-refractivity contribution in [3.8, 4) is 5.75 Å². The van der Waals surface area contributed by atoms with Gasteiger partial charge in [-0.05, 0) is 43.3 Å². The van der Waals surface area contributed by atoms with E-state index in [9.17, 15) is 4.79 Å². The van der Waals surface area contributed by atoms with Crippen LogP contribution in [0, 0.1) is 6.92 Å². The smallest absolute Gasteiger partial charge is 0.255 e. The first-order chi connectivity index (χ1) is 11.0. The molecule has 0 saturated heterocycles. The molecule has 0 aliphatic carbocycles. The first kappa shape index (κ1) is 15.4. The van der Waals surface area contributed by atoms with Crippen LogP contribution < -0.4 is 10.1 Å². The Kier molecular flexibility index (Phi) is 3.96. The number of hydrogen-bond donors (Lipinski definition) is 1. The van der Waals surface area contributed by atoms with E-state index in [2.05, 4.69) is 10.3 Å². The summed E-state index contributed by atoms with van der Waals surface area (Å²) in [6.45, 7) is 1.93. The van der Waals surface area contributed by atoms with Crippen molar-refractivity contribution in [3.63, 3.8) is 0 Å². The summed E-state index contributed by atoms with van der Waals surface area (Å²) in [6.07, 6.45) is 0. The SMILES string of the molecule is COc1ccc(NC(=O)c2ccc3c(c2)nc(C)n3C)cc1Cl. The Bertz CT molecular complexity index is 902. The van der Waals surface area contributed by atoms with Crippen molar-refractivity contribution in [2.45, 2.75) is 6.92 Å². The van der Waals surface area contributed by atoms with E-state index in [1.165, 1.54) is 0 Å². The monoisotopic (exact) mass is 329 g/mol. The highest BCUT2D eigenvalue weighted by molar-refractivity contribution is 6.32. The summed E-state index contributed by atoms with van der Waals surface area (Å²) in [5.74, 6) is 1.26. The van der Waals surface area contributed by atoms with Crippen LogP contribution in [0.3, 0.4) is 0 Å². The zero-order valence-corrected chi connectivity index (χ0v) is 13.8. The molecule has 0 fully saturated rings. The summed E-state index contributed by atoms with van der Waals surface area (Å²) in [7, 11) is 3.49. The highest BCUT2D eigenvalue weighted by Gasteiger charge is 2.11. The fraction of sp³-hybridized carbons (Fsp3) is 0.176. The first-order valence-corrected chi connectivity index (χ1v) is 7.45. The van der Waals surface area contributed by atoms with Crippen LogP contribution >= 0.6 is 11.6 Å². The van der Waals surface area contributed by atoms with Crippen LogP contribution in [0.5, 0.6) is 5.75 Å². The second kappa shape index (κ2) is 5.93. The van der Waals surface area contributed by atoms with Gasteiger partial charge in [0.25, 0.3) is 5.91 Å². The van der Waals surface area contributed by atoms with Gasteiger partial charge in [-0.1, -0.05) is 11.6 Å². The molecule has 0 unspecified atom stereocenters. The number of anilines is 1. The number of methoxy groups -OCH3 is 1. The average Bonchev–Trinajstić information content (AvgIpc) is 2.81. The van der Waals surface area contributed by atoms with E-state index < -0.39 is 0 Å². The fourth-order valence-electron chi connectivity index (χ4n) is 2.41. The van der Waals surface area contributed by atoms with Crippen molar-refractivity contribution in [3.05, 3.63) is 52.8 Å². The molecule has 0 atom stereocenters. The number of carbonyl (C=O) groups excluding carboxylic acids is 1. The molecule has 0 radical (unpaired) electrons. The second-order valence-corrected chi connectivity index (χ2v) is 5.63. The molecule has 1 amide bonds. The van der Waals surface area contributed by atoms with Gasteiger partial charge in [0.05, 0.1) is 23.2 Å². The zero-order valence-electron chi connectivity index (χ0n) is 13.1. The molecule has 3 rings (SSSR count). The van der Waals surface area contributed by atoms with E-state index in [-0.39, 0.29) is 5.91 Å². The first-order valence-electron chi connectivity index (χ1n) is 7.07. The average molecular weight is 330 g/mol. The molecule has 6 heteroatoms. The highest BCUT2D eigenvalue weighted by Crippen LogP contribution is 2.27. The standard InChI is InChI=1S/C17H16ClN3O2/c1-10-19-14-8-11(4-6-15(14)21(10)2)17(22)20-12-5-7-16(23-3)13(18)9-12/h4-9H,1-3H3,(H,20,22). The van der Waals surface area contributed by atoms with Gasteiger partial charge in [-0.3, -0.25) is 4.79 Å². The molecule has 5 nitrogen and oxygen atoms in total. The van der Waals surface area contributed by atoms with Gasteiger partial charge in [0.1, 0.15) is 11.6 Å². The van der Waals surface area contributed by atoms with Crippen LogP contribution in [-0.2, 0) is 7.05 Å². The van der Waals surface area contributed by atoms with Crippen LogP contribution in [0.15, 0.2) is 36.4 Å². The minimum absolute atomic E-state index is 0.212. The zero-order chi connectivity index (χ0) is 16.6. The summed E-state index contributed by atoms with van der Waals surface area (Å²) < 4.78 is 7.08. The molecule has 1 heterocycles. The van der Waals surface area contributed by atoms with Crippen LogP contribution in [0.25, 0.3) is 11.0 Å². The number of halogens is 1. The molecule has 0 bridgehead atoms. The number of rotatable bonds is 3. The third-order valence-corrected chi connectivity index (χ3v) is 4.07. The summed E-state index contributed by atoms with van der Waals surface area (Å²) >= 11 is 6.07. The molecular formula is C17H16ClN3O2. The van der Waals surface area contributed by atoms with Gasteiger partial charge in [-0.15, -0.1) is 0 Å². The van der Waals surface area contributed by atoms with Gasteiger partial charge in [0.2, 0.25) is 0 Å². The number of nitrogens with zero attached hydrogens (tertiary/aromatic N) is 2. The van der Waals surface area contributed by atoms with Gasteiger partial charge in [-0.25, -0.2) is 4.98 Å². The fourth-order valence-corrected chi connectivity index (χ4v) is 2.67. The van der Waals surface area contributed by atoms with Crippen LogP contribution in [0.4, 0.5) is 5.69 Å². The molecule has 3 aromatic rings. The minimum Gasteiger partial charge on any atom is -0.495 e. The van der Waals surface area contributed by atoms with Crippen molar-refractivity contribution < 1.29 is 9.53 Å². The van der Waals surface area contributed by atoms with Crippen molar-refractivity contribution in [1.29, 1.82) is 0 Å². The Morgan fingerprint density at radius 2 is 2.04 bits per heavy atom. The Labute approximate surface area is 138 Å². The second-order valence-electron chi connectivity index (χ2n) is 5.22. The Balaban J connectivity index is 1.87. The number of ether oxygens (including phenoxy) is 1. The van der Waals surface area contributed by atoms with Gasteiger partial charge in [0, 0.05) is 18.3 Å². The lowest BCUT2D eigenvalue weighted by atomic mass is 10.2. The molecule has 2 aromatic carbocycles. The predicted octanol–water partition coefficient (Wildman–Crippen LogP) is 3.80. The van der Waals surface area contributed by atoms with E-state index in [1.807, 2.05) is 24.6 Å². The predicted molar refractivity (Wildman–Crippen MR) is 91.4 cm³/mol. The largest absolute Gasteiger partial charge is 0.495 e. The molecule has 118 valence electrons. The Hall–Kier alpha value is -2.53. The van der Waals surface area contributed by atoms with Crippen LogP contribution in [0.1, 0.15) is 16.2 Å². The molecule has 0 spiro atoms. The molecule has 1 aromatic heterocycles. The third-order valence-electron chi connectivity index (χ3n) is 3.78. The summed E-state index contributed by atoms with van der Waals surface area (Å²) in [5.41, 5.74) is 2.94. The molecule has 0 aliphatic rings. The van der Waals surface area contributed by atoms with Gasteiger partial charge < -0.3 is 14.6 Å². The maximum atomic E-state index is 12.4. The Morgan fingerprint density at radius 1 is 1.26 bits per heavy atom. The number of carbonyl (C=O) groups is 1. The van der Waals surface area contributed by atoms with E-state index in [4.69, 9.17) is 16.3 Å². The topological polar surface area (TPSA) is 56.1 Å². The quantitative estimate of drug-likeness (QED) is 0.795. The normalized spacial score (nSPS) is 10.8. The van der Waals surface area contributed by atoms with Gasteiger partial charge in [0.15, 0.2) is 0 Å². The number of benzene rings is 2. The number of imidazole rings is 1. The van der Waals surface area contributed by atoms with Crippen LogP contribution in [-0.4, -0.2) is 22.6 Å². The third kappa shape index (κ3) is 2.87. The lowest BCUT2D eigenvalue weighted by Gasteiger charge is -2.08. The Morgan fingerprint density at radius 3 is 2.74 bits per heavy atom. The number of amides is 1. The van der Waals surface area contributed by atoms with Gasteiger partial charge in [-0.2, -0.15) is 0 Å². The number of aromatic nitrogens is 2. The minimum atomic E-state index is -0.212. The van der Waals surface area contributed by atoms with Crippen LogP contribution in [0.2, 0.25) is 5.02 Å². The molecule has 23 heavy (non-hydrogen) atoms. The molecular weight excluding hydrogens is 314 g/mol. The lowest BCUT2D eigenvalue weighted by Crippen LogP contribution is -2.11. The molecule has 1 N–H and O–H groups in total. The highest BCUT2D eigenvalue weighted by atomic mass is 35.5. The summed E-state index contributed by atoms with van der Waals surface area (Å²) in [4.78, 5) is 16.8. The van der Waals surface area contributed by atoms with Gasteiger partial charge >= 0.3 is 0 Å². The number of fused-ring (bicyclic) bond motifs is 1. The maximum absolute atomic E-state index is 12.4. The number of aryl methyl sites for hydroxylation is 2. The number of nitrogens with one attached hydrogen (secondary N) is 1. The van der Waals surface area contributed by atoms with E-state index in [1.54, 1.807) is 37.4 Å². The van der Waals surface area contributed by atoms with E-state index in [0.29, 0.717) is 22.0 Å².